The molecule has 0 fully saturated rings. The van der Waals surface area contributed by atoms with Crippen LogP contribution in [0.15, 0.2) is 18.6 Å². The number of hydrazine groups is 1. The van der Waals surface area contributed by atoms with E-state index in [4.69, 9.17) is 15.7 Å². The van der Waals surface area contributed by atoms with Gasteiger partial charge < -0.3 is 15.3 Å². The van der Waals surface area contributed by atoms with Gasteiger partial charge in [-0.1, -0.05) is 0 Å². The number of imidazole rings is 1. The lowest BCUT2D eigenvalue weighted by atomic mass is 10.6. The molecule has 15 heavy (non-hydrogen) atoms. The van der Waals surface area contributed by atoms with Crippen molar-refractivity contribution in [2.24, 2.45) is 5.84 Å². The van der Waals surface area contributed by atoms with Crippen molar-refractivity contribution in [1.82, 2.24) is 14.4 Å². The number of nitrogens with one attached hydrogen (secondary N) is 1. The number of ether oxygens (including phenoxy) is 1. The number of aliphatic hydroxyl groups is 1. The number of fused-ring (bicyclic) bond motifs is 1. The molecule has 4 N–H and O–H groups in total. The standard InChI is InChI=1S/C8H11N5O2/c9-12-6-5-13-2-1-10-7(13)8(11-6)15-4-3-14/h1-2,5,12,14H,3-4,9H2. The number of hydrogen-bond acceptors (Lipinski definition) is 6. The Balaban J connectivity index is 2.43. The normalized spacial score (nSPS) is 10.5. The van der Waals surface area contributed by atoms with E-state index < -0.39 is 0 Å². The van der Waals surface area contributed by atoms with Crippen molar-refractivity contribution in [3.05, 3.63) is 18.6 Å². The highest BCUT2D eigenvalue weighted by atomic mass is 16.5. The van der Waals surface area contributed by atoms with Gasteiger partial charge in [-0.05, 0) is 0 Å². The van der Waals surface area contributed by atoms with Gasteiger partial charge in [-0.25, -0.2) is 10.8 Å². The summed E-state index contributed by atoms with van der Waals surface area (Å²) in [5.41, 5.74) is 3.01. The van der Waals surface area contributed by atoms with E-state index in [0.717, 1.165) is 0 Å². The van der Waals surface area contributed by atoms with Gasteiger partial charge >= 0.3 is 0 Å². The molecule has 7 heteroatoms. The van der Waals surface area contributed by atoms with Crippen LogP contribution in [0.4, 0.5) is 5.82 Å². The van der Waals surface area contributed by atoms with Crippen LogP contribution >= 0.6 is 0 Å². The maximum Gasteiger partial charge on any atom is 0.260 e. The van der Waals surface area contributed by atoms with Crippen LogP contribution in [0.25, 0.3) is 5.65 Å². The quantitative estimate of drug-likeness (QED) is 0.459. The predicted molar refractivity (Wildman–Crippen MR) is 53.4 cm³/mol. The molecule has 0 atom stereocenters. The SMILES string of the molecule is NNc1cn2ccnc2c(OCCO)n1. The Labute approximate surface area is 85.5 Å². The zero-order valence-electron chi connectivity index (χ0n) is 7.92. The molecule has 0 aliphatic carbocycles. The molecule has 0 saturated carbocycles. The topological polar surface area (TPSA) is 97.7 Å². The van der Waals surface area contributed by atoms with Gasteiger partial charge in [0.25, 0.3) is 5.88 Å². The molecule has 0 spiro atoms. The first-order valence-electron chi connectivity index (χ1n) is 4.39. The summed E-state index contributed by atoms with van der Waals surface area (Å²) in [6.07, 6.45) is 5.07. The summed E-state index contributed by atoms with van der Waals surface area (Å²) in [5, 5.41) is 8.66. The Morgan fingerprint density at radius 2 is 2.47 bits per heavy atom. The molecule has 0 aromatic carbocycles. The Morgan fingerprint density at radius 3 is 3.20 bits per heavy atom. The number of anilines is 1. The number of nitrogens with two attached hydrogens (primary N) is 1. The first-order valence-corrected chi connectivity index (χ1v) is 4.39. The summed E-state index contributed by atoms with van der Waals surface area (Å²) < 4.78 is 6.96. The highest BCUT2D eigenvalue weighted by molar-refractivity contribution is 5.53. The number of hydrogen-bond donors (Lipinski definition) is 3. The van der Waals surface area contributed by atoms with Crippen LogP contribution in [0.2, 0.25) is 0 Å². The van der Waals surface area contributed by atoms with Crippen LogP contribution in [-0.4, -0.2) is 32.7 Å². The zero-order chi connectivity index (χ0) is 10.7. The number of aromatic nitrogens is 3. The van der Waals surface area contributed by atoms with E-state index in [1.54, 1.807) is 23.0 Å². The van der Waals surface area contributed by atoms with E-state index in [-0.39, 0.29) is 13.2 Å². The molecule has 0 radical (unpaired) electrons. The molecule has 2 rings (SSSR count). The molecule has 2 heterocycles. The minimum atomic E-state index is -0.0746. The largest absolute Gasteiger partial charge is 0.473 e. The number of nitrogens with zero attached hydrogens (tertiary/aromatic N) is 3. The molecular weight excluding hydrogens is 198 g/mol. The average molecular weight is 209 g/mol. The van der Waals surface area contributed by atoms with E-state index in [9.17, 15) is 0 Å². The van der Waals surface area contributed by atoms with E-state index in [1.165, 1.54) is 0 Å². The van der Waals surface area contributed by atoms with Gasteiger partial charge in [-0.3, -0.25) is 4.40 Å². The van der Waals surface area contributed by atoms with E-state index in [0.29, 0.717) is 17.3 Å². The Hall–Kier alpha value is -1.86. The predicted octanol–water partition coefficient (Wildman–Crippen LogP) is -0.614. The summed E-state index contributed by atoms with van der Waals surface area (Å²) in [6.45, 7) is 0.0956. The molecular formula is C8H11N5O2. The molecule has 7 nitrogen and oxygen atoms in total. The Kier molecular flexibility index (Phi) is 2.66. The second kappa shape index (κ2) is 4.11. The van der Waals surface area contributed by atoms with Gasteiger partial charge in [0.1, 0.15) is 6.61 Å². The summed E-state index contributed by atoms with van der Waals surface area (Å²) >= 11 is 0. The van der Waals surface area contributed by atoms with Crippen molar-refractivity contribution in [3.63, 3.8) is 0 Å². The van der Waals surface area contributed by atoms with E-state index in [2.05, 4.69) is 15.4 Å². The van der Waals surface area contributed by atoms with Crippen LogP contribution in [-0.2, 0) is 0 Å². The maximum atomic E-state index is 8.66. The van der Waals surface area contributed by atoms with Crippen LogP contribution in [0.1, 0.15) is 0 Å². The molecule has 2 aromatic heterocycles. The lowest BCUT2D eigenvalue weighted by Gasteiger charge is -2.07. The third-order valence-electron chi connectivity index (χ3n) is 1.82. The molecule has 0 amide bonds. The minimum Gasteiger partial charge on any atom is -0.473 e. The van der Waals surface area contributed by atoms with Crippen LogP contribution in [0.5, 0.6) is 5.88 Å². The van der Waals surface area contributed by atoms with Gasteiger partial charge in [-0.15, -0.1) is 0 Å². The highest BCUT2D eigenvalue weighted by Crippen LogP contribution is 2.17. The fourth-order valence-corrected chi connectivity index (χ4v) is 1.21. The van der Waals surface area contributed by atoms with Gasteiger partial charge in [0.2, 0.25) is 5.65 Å². The summed E-state index contributed by atoms with van der Waals surface area (Å²) in [7, 11) is 0. The highest BCUT2D eigenvalue weighted by Gasteiger charge is 2.07. The van der Waals surface area contributed by atoms with Gasteiger partial charge in [0.15, 0.2) is 5.82 Å². The van der Waals surface area contributed by atoms with Gasteiger partial charge in [-0.2, -0.15) is 4.98 Å². The average Bonchev–Trinajstić information content (AvgIpc) is 2.73. The van der Waals surface area contributed by atoms with E-state index in [1.807, 2.05) is 0 Å². The van der Waals surface area contributed by atoms with Crippen molar-refractivity contribution in [2.75, 3.05) is 18.6 Å². The molecule has 0 saturated heterocycles. The van der Waals surface area contributed by atoms with Crippen LogP contribution < -0.4 is 16.0 Å². The summed E-state index contributed by atoms with van der Waals surface area (Å²) in [4.78, 5) is 8.15. The first-order chi connectivity index (χ1) is 7.35. The summed E-state index contributed by atoms with van der Waals surface area (Å²) in [6, 6.07) is 0. The lowest BCUT2D eigenvalue weighted by Crippen LogP contribution is -2.11. The Morgan fingerprint density at radius 1 is 1.60 bits per heavy atom. The van der Waals surface area contributed by atoms with Crippen molar-refractivity contribution >= 4 is 11.5 Å². The van der Waals surface area contributed by atoms with Crippen molar-refractivity contribution in [3.8, 4) is 5.88 Å². The molecule has 0 bridgehead atoms. The molecule has 0 aliphatic rings. The molecule has 0 aliphatic heterocycles. The molecule has 0 unspecified atom stereocenters. The number of nitrogen functional groups attached to an aromatic ring is 1. The number of rotatable bonds is 4. The lowest BCUT2D eigenvalue weighted by molar-refractivity contribution is 0.198. The maximum absolute atomic E-state index is 8.66. The monoisotopic (exact) mass is 209 g/mol. The van der Waals surface area contributed by atoms with E-state index >= 15 is 0 Å². The fraction of sp³-hybridized carbons (Fsp3) is 0.250. The second-order valence-corrected chi connectivity index (χ2v) is 2.81. The molecule has 2 aromatic rings. The smallest absolute Gasteiger partial charge is 0.260 e. The minimum absolute atomic E-state index is 0.0746. The third kappa shape index (κ3) is 1.83. The van der Waals surface area contributed by atoms with Gasteiger partial charge in [0, 0.05) is 12.4 Å². The zero-order valence-corrected chi connectivity index (χ0v) is 7.92. The molecule has 80 valence electrons. The third-order valence-corrected chi connectivity index (χ3v) is 1.82. The fourth-order valence-electron chi connectivity index (χ4n) is 1.21. The van der Waals surface area contributed by atoms with Crippen LogP contribution in [0, 0.1) is 0 Å². The summed E-state index contributed by atoms with van der Waals surface area (Å²) in [5.74, 6) is 6.06. The Bertz CT molecular complexity index is 455. The van der Waals surface area contributed by atoms with Crippen molar-refractivity contribution < 1.29 is 9.84 Å². The second-order valence-electron chi connectivity index (χ2n) is 2.81. The first kappa shape index (κ1) is 9.69. The van der Waals surface area contributed by atoms with Crippen molar-refractivity contribution in [2.45, 2.75) is 0 Å². The van der Waals surface area contributed by atoms with Crippen LogP contribution in [0.3, 0.4) is 0 Å². The van der Waals surface area contributed by atoms with Gasteiger partial charge in [0.05, 0.1) is 12.8 Å². The number of aliphatic hydroxyl groups excluding tert-OH is 1. The van der Waals surface area contributed by atoms with Crippen molar-refractivity contribution in [1.29, 1.82) is 0 Å².